The molecule has 1 N–H and O–H groups in total. The lowest BCUT2D eigenvalue weighted by molar-refractivity contribution is 0.0656. The fourth-order valence-corrected chi connectivity index (χ4v) is 4.07. The third-order valence-electron chi connectivity index (χ3n) is 4.93. The average Bonchev–Trinajstić information content (AvgIpc) is 3.36. The summed E-state index contributed by atoms with van der Waals surface area (Å²) < 4.78 is 13.1. The fourth-order valence-electron chi connectivity index (χ4n) is 3.34. The van der Waals surface area contributed by atoms with Gasteiger partial charge in [0.05, 0.1) is 16.8 Å². The van der Waals surface area contributed by atoms with Gasteiger partial charge < -0.3 is 5.32 Å². The molecule has 1 aliphatic rings. The molecule has 4 aromatic rings. The molecule has 0 saturated heterocycles. The van der Waals surface area contributed by atoms with E-state index in [1.807, 2.05) is 0 Å². The van der Waals surface area contributed by atoms with Crippen LogP contribution in [0.25, 0.3) is 11.3 Å². The van der Waals surface area contributed by atoms with Crippen LogP contribution in [0.3, 0.4) is 0 Å². The number of imide groups is 1. The predicted molar refractivity (Wildman–Crippen MR) is 116 cm³/mol. The number of hydrogen-bond donors (Lipinski definition) is 1. The Labute approximate surface area is 185 Å². The first kappa shape index (κ1) is 19.9. The second-order valence-corrected chi connectivity index (χ2v) is 8.06. The highest BCUT2D eigenvalue weighted by atomic mass is 32.1. The highest BCUT2D eigenvalue weighted by Gasteiger charge is 2.34. The van der Waals surface area contributed by atoms with Crippen LogP contribution in [0, 0.1) is 5.82 Å². The van der Waals surface area contributed by atoms with Gasteiger partial charge in [-0.1, -0.05) is 23.5 Å². The first-order valence-corrected chi connectivity index (χ1v) is 10.5. The molecule has 2 aromatic carbocycles. The van der Waals surface area contributed by atoms with Gasteiger partial charge in [-0.15, -0.1) is 20.4 Å². The van der Waals surface area contributed by atoms with E-state index in [4.69, 9.17) is 0 Å². The molecule has 0 aliphatic carbocycles. The summed E-state index contributed by atoms with van der Waals surface area (Å²) in [4.78, 5) is 26.1. The number of carbonyl (C=O) groups excluding carboxylic acids is 2. The number of carbonyl (C=O) groups is 2. The second-order valence-electron chi connectivity index (χ2n) is 6.99. The van der Waals surface area contributed by atoms with Gasteiger partial charge in [0.1, 0.15) is 10.8 Å². The number of fused-ring (bicyclic) bond motifs is 1. The number of amides is 2. The number of nitrogens with zero attached hydrogens (tertiary/aromatic N) is 5. The van der Waals surface area contributed by atoms with E-state index in [-0.39, 0.29) is 24.2 Å². The van der Waals surface area contributed by atoms with Crippen molar-refractivity contribution >= 4 is 34.1 Å². The molecule has 0 spiro atoms. The Morgan fingerprint density at radius 3 is 2.22 bits per heavy atom. The van der Waals surface area contributed by atoms with Crippen LogP contribution in [0.4, 0.5) is 15.3 Å². The number of nitrogens with one attached hydrogen (secondary N) is 1. The van der Waals surface area contributed by atoms with Gasteiger partial charge in [-0.05, 0) is 48.5 Å². The van der Waals surface area contributed by atoms with Crippen LogP contribution in [-0.2, 0) is 6.42 Å². The smallest absolute Gasteiger partial charge is 0.261 e. The number of hydrogen-bond acceptors (Lipinski definition) is 8. The normalized spacial score (nSPS) is 12.8. The molecule has 3 heterocycles. The summed E-state index contributed by atoms with van der Waals surface area (Å²) in [5.74, 6) is -0.399. The van der Waals surface area contributed by atoms with E-state index in [2.05, 4.69) is 25.7 Å². The molecular weight excluding hydrogens is 431 g/mol. The lowest BCUT2D eigenvalue weighted by Gasteiger charge is -2.12. The van der Waals surface area contributed by atoms with Crippen molar-refractivity contribution in [3.05, 3.63) is 82.6 Å². The van der Waals surface area contributed by atoms with Crippen molar-refractivity contribution in [3.8, 4) is 11.3 Å². The minimum Gasteiger partial charge on any atom is -0.313 e. The first-order chi connectivity index (χ1) is 15.6. The summed E-state index contributed by atoms with van der Waals surface area (Å²) in [6.45, 7) is 0.229. The summed E-state index contributed by atoms with van der Waals surface area (Å²) in [5.41, 5.74) is 2.24. The molecule has 0 saturated carbocycles. The van der Waals surface area contributed by atoms with Gasteiger partial charge >= 0.3 is 0 Å². The Morgan fingerprint density at radius 1 is 0.844 bits per heavy atom. The molecule has 0 atom stereocenters. The highest BCUT2D eigenvalue weighted by molar-refractivity contribution is 7.15. The maximum atomic E-state index is 13.1. The first-order valence-electron chi connectivity index (χ1n) is 9.73. The van der Waals surface area contributed by atoms with Crippen molar-refractivity contribution in [1.29, 1.82) is 0 Å². The fraction of sp³-hybridized carbons (Fsp3) is 0.0909. The number of halogens is 1. The zero-order valence-electron chi connectivity index (χ0n) is 16.5. The highest BCUT2D eigenvalue weighted by Crippen LogP contribution is 2.25. The van der Waals surface area contributed by atoms with Gasteiger partial charge in [-0.3, -0.25) is 14.5 Å². The van der Waals surface area contributed by atoms with Crippen molar-refractivity contribution in [1.82, 2.24) is 25.3 Å². The molecule has 32 heavy (non-hydrogen) atoms. The Morgan fingerprint density at radius 2 is 1.56 bits per heavy atom. The number of anilines is 2. The number of benzene rings is 2. The number of aromatic nitrogens is 4. The lowest BCUT2D eigenvalue weighted by Crippen LogP contribution is -2.31. The van der Waals surface area contributed by atoms with Crippen LogP contribution in [0.2, 0.25) is 0 Å². The topological polar surface area (TPSA) is 101 Å². The van der Waals surface area contributed by atoms with Crippen LogP contribution in [0.5, 0.6) is 0 Å². The van der Waals surface area contributed by atoms with Gasteiger partial charge in [0.15, 0.2) is 5.82 Å². The summed E-state index contributed by atoms with van der Waals surface area (Å²) in [5, 5.41) is 20.7. The van der Waals surface area contributed by atoms with E-state index >= 15 is 0 Å². The number of rotatable bonds is 6. The van der Waals surface area contributed by atoms with Crippen LogP contribution < -0.4 is 5.32 Å². The Bertz CT molecular complexity index is 1270. The Kier molecular flexibility index (Phi) is 5.12. The quantitative estimate of drug-likeness (QED) is 0.451. The van der Waals surface area contributed by atoms with E-state index in [0.717, 1.165) is 5.56 Å². The standard InChI is InChI=1S/C22H15FN6O2S/c23-14-7-5-13(6-8-14)17-9-10-18(26-25-17)24-22-28-27-19(32-22)11-12-29-20(30)15-3-1-2-4-16(15)21(29)31/h1-10H,11-12H2,(H,24,26,28). The summed E-state index contributed by atoms with van der Waals surface area (Å²) in [7, 11) is 0. The van der Waals surface area contributed by atoms with Gasteiger partial charge in [0.25, 0.3) is 11.8 Å². The zero-order valence-corrected chi connectivity index (χ0v) is 17.3. The van der Waals surface area contributed by atoms with Crippen molar-refractivity contribution in [3.63, 3.8) is 0 Å². The third kappa shape index (κ3) is 3.83. The van der Waals surface area contributed by atoms with Gasteiger partial charge in [-0.2, -0.15) is 0 Å². The maximum Gasteiger partial charge on any atom is 0.261 e. The largest absolute Gasteiger partial charge is 0.313 e. The summed E-state index contributed by atoms with van der Waals surface area (Å²) in [6.07, 6.45) is 0.403. The van der Waals surface area contributed by atoms with Gasteiger partial charge in [0.2, 0.25) is 5.13 Å². The van der Waals surface area contributed by atoms with E-state index in [1.54, 1.807) is 48.5 Å². The SMILES string of the molecule is O=C1c2ccccc2C(=O)N1CCc1nnc(Nc2ccc(-c3ccc(F)cc3)nn2)s1. The Balaban J connectivity index is 1.21. The predicted octanol–water partition coefficient (Wildman–Crippen LogP) is 3.72. The van der Waals surface area contributed by atoms with Crippen molar-refractivity contribution in [2.45, 2.75) is 6.42 Å². The van der Waals surface area contributed by atoms with E-state index < -0.39 is 0 Å². The van der Waals surface area contributed by atoms with Crippen LogP contribution >= 0.6 is 11.3 Å². The molecule has 2 aromatic heterocycles. The molecule has 0 radical (unpaired) electrons. The Hall–Kier alpha value is -4.05. The zero-order chi connectivity index (χ0) is 22.1. The van der Waals surface area contributed by atoms with Crippen LogP contribution in [0.1, 0.15) is 25.7 Å². The minimum atomic E-state index is -0.310. The van der Waals surface area contributed by atoms with E-state index in [1.165, 1.54) is 28.4 Å². The summed E-state index contributed by atoms with van der Waals surface area (Å²) >= 11 is 1.31. The van der Waals surface area contributed by atoms with Crippen molar-refractivity contribution in [2.24, 2.45) is 0 Å². The minimum absolute atomic E-state index is 0.229. The third-order valence-corrected chi connectivity index (χ3v) is 5.83. The monoisotopic (exact) mass is 446 g/mol. The van der Waals surface area contributed by atoms with E-state index in [0.29, 0.717) is 39.2 Å². The molecular formula is C22H15FN6O2S. The molecule has 0 fully saturated rings. The van der Waals surface area contributed by atoms with Crippen molar-refractivity contribution < 1.29 is 14.0 Å². The molecule has 158 valence electrons. The molecule has 5 rings (SSSR count). The lowest BCUT2D eigenvalue weighted by atomic mass is 10.1. The molecule has 1 aliphatic heterocycles. The second kappa shape index (κ2) is 8.23. The van der Waals surface area contributed by atoms with Crippen molar-refractivity contribution in [2.75, 3.05) is 11.9 Å². The average molecular weight is 446 g/mol. The molecule has 8 nitrogen and oxygen atoms in total. The van der Waals surface area contributed by atoms with Crippen LogP contribution in [0.15, 0.2) is 60.7 Å². The van der Waals surface area contributed by atoms with Gasteiger partial charge in [-0.25, -0.2) is 4.39 Å². The molecule has 10 heteroatoms. The summed E-state index contributed by atoms with van der Waals surface area (Å²) in [6, 6.07) is 16.3. The molecule has 0 bridgehead atoms. The molecule has 2 amide bonds. The molecule has 0 unspecified atom stereocenters. The maximum absolute atomic E-state index is 13.1. The van der Waals surface area contributed by atoms with Gasteiger partial charge in [0, 0.05) is 18.5 Å². The van der Waals surface area contributed by atoms with E-state index in [9.17, 15) is 14.0 Å². The van der Waals surface area contributed by atoms with Crippen LogP contribution in [-0.4, -0.2) is 43.7 Å².